The number of aromatic nitrogens is 4. The predicted molar refractivity (Wildman–Crippen MR) is 83.0 cm³/mol. The van der Waals surface area contributed by atoms with E-state index in [2.05, 4.69) is 20.8 Å². The maximum atomic E-state index is 12.2. The minimum absolute atomic E-state index is 0.232. The fraction of sp³-hybridized carbons (Fsp3) is 0.0625. The first-order chi connectivity index (χ1) is 11.2. The molecule has 0 aliphatic rings. The molecule has 0 aliphatic carbocycles. The number of carbonyl (C=O) groups excluding carboxylic acids is 1. The van der Waals surface area contributed by atoms with E-state index in [1.807, 2.05) is 25.1 Å². The van der Waals surface area contributed by atoms with Gasteiger partial charge in [-0.05, 0) is 65.4 Å². The molecule has 0 saturated heterocycles. The zero-order chi connectivity index (χ0) is 16.2. The normalized spacial score (nSPS) is 10.1. The van der Waals surface area contributed by atoms with E-state index in [1.54, 1.807) is 35.0 Å². The first-order valence-corrected chi connectivity index (χ1v) is 6.83. The van der Waals surface area contributed by atoms with Gasteiger partial charge in [0.1, 0.15) is 6.33 Å². The van der Waals surface area contributed by atoms with Gasteiger partial charge in [0, 0.05) is 11.3 Å². The molecule has 0 saturated carbocycles. The number of hydrogen-bond donors (Lipinski definition) is 1. The minimum atomic E-state index is -0.232. The number of tetrazole rings is 1. The quantitative estimate of drug-likeness (QED) is 0.799. The summed E-state index contributed by atoms with van der Waals surface area (Å²) >= 11 is 0. The second kappa shape index (κ2) is 6.07. The lowest BCUT2D eigenvalue weighted by molar-refractivity contribution is 0.102. The summed E-state index contributed by atoms with van der Waals surface area (Å²) in [7, 11) is 0. The van der Waals surface area contributed by atoms with Crippen molar-refractivity contribution < 1.29 is 4.79 Å². The van der Waals surface area contributed by atoms with Crippen molar-refractivity contribution in [3.63, 3.8) is 0 Å². The molecule has 0 unspecified atom stereocenters. The number of hydrogen-bond acceptors (Lipinski definition) is 5. The maximum Gasteiger partial charge on any atom is 0.255 e. The number of nitrogens with zero attached hydrogens (tertiary/aromatic N) is 5. The molecule has 0 bridgehead atoms. The molecule has 23 heavy (non-hydrogen) atoms. The molecule has 3 rings (SSSR count). The summed E-state index contributed by atoms with van der Waals surface area (Å²) in [6.45, 7) is 1.91. The average molecular weight is 304 g/mol. The Hall–Kier alpha value is -3.53. The number of carbonyl (C=O) groups is 1. The fourth-order valence-electron chi connectivity index (χ4n) is 2.16. The molecular formula is C16H12N6O. The Morgan fingerprint density at radius 1 is 1.22 bits per heavy atom. The summed E-state index contributed by atoms with van der Waals surface area (Å²) < 4.78 is 1.56. The van der Waals surface area contributed by atoms with Gasteiger partial charge in [0.2, 0.25) is 0 Å². The number of rotatable bonds is 3. The highest BCUT2D eigenvalue weighted by Crippen LogP contribution is 2.18. The van der Waals surface area contributed by atoms with Crippen molar-refractivity contribution in [3.8, 4) is 11.8 Å². The smallest absolute Gasteiger partial charge is 0.255 e. The zero-order valence-electron chi connectivity index (χ0n) is 12.3. The van der Waals surface area contributed by atoms with E-state index in [0.717, 1.165) is 11.3 Å². The molecule has 0 aliphatic heterocycles. The Labute approximate surface area is 132 Å². The number of nitrogens with one attached hydrogen (secondary N) is 1. The van der Waals surface area contributed by atoms with Crippen LogP contribution >= 0.6 is 0 Å². The van der Waals surface area contributed by atoms with E-state index in [9.17, 15) is 4.79 Å². The fourth-order valence-corrected chi connectivity index (χ4v) is 2.16. The van der Waals surface area contributed by atoms with E-state index in [1.165, 1.54) is 6.33 Å². The molecule has 0 radical (unpaired) electrons. The van der Waals surface area contributed by atoms with Crippen LogP contribution in [0.1, 0.15) is 21.5 Å². The first-order valence-electron chi connectivity index (χ1n) is 6.83. The van der Waals surface area contributed by atoms with E-state index in [-0.39, 0.29) is 5.91 Å². The number of amides is 1. The Kier molecular flexibility index (Phi) is 3.80. The molecule has 1 heterocycles. The zero-order valence-corrected chi connectivity index (χ0v) is 12.3. The summed E-state index contributed by atoms with van der Waals surface area (Å²) in [4.78, 5) is 12.2. The summed E-state index contributed by atoms with van der Waals surface area (Å²) in [6, 6.07) is 13.9. The minimum Gasteiger partial charge on any atom is -0.322 e. The Morgan fingerprint density at radius 2 is 2.00 bits per heavy atom. The van der Waals surface area contributed by atoms with Crippen molar-refractivity contribution in [3.05, 3.63) is 65.5 Å². The average Bonchev–Trinajstić information content (AvgIpc) is 3.09. The van der Waals surface area contributed by atoms with Crippen molar-refractivity contribution in [1.82, 2.24) is 20.2 Å². The molecular weight excluding hydrogens is 292 g/mol. The third-order valence-electron chi connectivity index (χ3n) is 3.33. The number of benzene rings is 2. The van der Waals surface area contributed by atoms with Gasteiger partial charge in [-0.3, -0.25) is 4.79 Å². The summed E-state index contributed by atoms with van der Waals surface area (Å²) in [5.74, 6) is -0.232. The van der Waals surface area contributed by atoms with Gasteiger partial charge in [0.15, 0.2) is 0 Å². The molecule has 0 spiro atoms. The molecule has 3 aromatic rings. The van der Waals surface area contributed by atoms with Gasteiger partial charge in [-0.2, -0.15) is 5.26 Å². The van der Waals surface area contributed by atoms with Crippen LogP contribution in [0.15, 0.2) is 48.8 Å². The van der Waals surface area contributed by atoms with E-state index in [4.69, 9.17) is 5.26 Å². The first kappa shape index (κ1) is 14.4. The topological polar surface area (TPSA) is 96.5 Å². The highest BCUT2D eigenvalue weighted by molar-refractivity contribution is 6.04. The summed E-state index contributed by atoms with van der Waals surface area (Å²) in [6.07, 6.45) is 1.51. The molecule has 0 fully saturated rings. The van der Waals surface area contributed by atoms with Crippen LogP contribution in [0.3, 0.4) is 0 Å². The van der Waals surface area contributed by atoms with Crippen molar-refractivity contribution in [1.29, 1.82) is 5.26 Å². The van der Waals surface area contributed by atoms with Crippen LogP contribution in [0.4, 0.5) is 5.69 Å². The van der Waals surface area contributed by atoms with Crippen LogP contribution in [-0.2, 0) is 0 Å². The monoisotopic (exact) mass is 304 g/mol. The van der Waals surface area contributed by atoms with E-state index >= 15 is 0 Å². The van der Waals surface area contributed by atoms with Crippen LogP contribution < -0.4 is 5.32 Å². The third kappa shape index (κ3) is 3.06. The molecule has 1 N–H and O–H groups in total. The maximum absolute atomic E-state index is 12.2. The predicted octanol–water partition coefficient (Wildman–Crippen LogP) is 2.09. The van der Waals surface area contributed by atoms with Gasteiger partial charge < -0.3 is 5.32 Å². The molecule has 1 aromatic heterocycles. The molecule has 112 valence electrons. The third-order valence-corrected chi connectivity index (χ3v) is 3.33. The summed E-state index contributed by atoms with van der Waals surface area (Å²) in [5, 5.41) is 22.6. The van der Waals surface area contributed by atoms with Gasteiger partial charge in [-0.1, -0.05) is 0 Å². The Morgan fingerprint density at radius 3 is 2.61 bits per heavy atom. The number of anilines is 1. The lowest BCUT2D eigenvalue weighted by Gasteiger charge is -2.09. The molecule has 7 heteroatoms. The lowest BCUT2D eigenvalue weighted by Crippen LogP contribution is -2.12. The number of nitriles is 1. The van der Waals surface area contributed by atoms with Crippen LogP contribution in [0.5, 0.6) is 0 Å². The van der Waals surface area contributed by atoms with Crippen LogP contribution in [0.25, 0.3) is 5.69 Å². The van der Waals surface area contributed by atoms with Crippen molar-refractivity contribution >= 4 is 11.6 Å². The molecule has 1 amide bonds. The Bertz CT molecular complexity index is 878. The number of aryl methyl sites for hydroxylation is 1. The van der Waals surface area contributed by atoms with Gasteiger partial charge >= 0.3 is 0 Å². The lowest BCUT2D eigenvalue weighted by atomic mass is 10.1. The summed E-state index contributed by atoms with van der Waals surface area (Å²) in [5.41, 5.74) is 3.45. The highest BCUT2D eigenvalue weighted by Gasteiger charge is 2.08. The van der Waals surface area contributed by atoms with Crippen LogP contribution in [0.2, 0.25) is 0 Å². The van der Waals surface area contributed by atoms with Gasteiger partial charge in [-0.15, -0.1) is 5.10 Å². The highest BCUT2D eigenvalue weighted by atomic mass is 16.1. The van der Waals surface area contributed by atoms with Crippen LogP contribution in [-0.4, -0.2) is 26.1 Å². The molecule has 2 aromatic carbocycles. The van der Waals surface area contributed by atoms with E-state index in [0.29, 0.717) is 16.8 Å². The molecule has 7 nitrogen and oxygen atoms in total. The Balaban J connectivity index is 1.78. The molecule has 0 atom stereocenters. The van der Waals surface area contributed by atoms with Gasteiger partial charge in [0.25, 0.3) is 5.91 Å². The van der Waals surface area contributed by atoms with Crippen molar-refractivity contribution in [2.75, 3.05) is 5.32 Å². The second-order valence-electron chi connectivity index (χ2n) is 4.90. The second-order valence-corrected chi connectivity index (χ2v) is 4.90. The largest absolute Gasteiger partial charge is 0.322 e. The van der Waals surface area contributed by atoms with Crippen LogP contribution in [0, 0.1) is 18.3 Å². The van der Waals surface area contributed by atoms with Crippen molar-refractivity contribution in [2.45, 2.75) is 6.92 Å². The van der Waals surface area contributed by atoms with Gasteiger partial charge in [-0.25, -0.2) is 4.68 Å². The van der Waals surface area contributed by atoms with Gasteiger partial charge in [0.05, 0.1) is 17.3 Å². The van der Waals surface area contributed by atoms with E-state index < -0.39 is 0 Å². The van der Waals surface area contributed by atoms with Crippen molar-refractivity contribution in [2.24, 2.45) is 0 Å². The standard InChI is InChI=1S/C16H12N6O/c1-11-8-14(6-7-15(11)22-10-18-20-21-22)19-16(23)13-4-2-12(9-17)3-5-13/h2-8,10H,1H3,(H,19,23). The SMILES string of the molecule is Cc1cc(NC(=O)c2ccc(C#N)cc2)ccc1-n1cnnn1.